The Kier molecular flexibility index (Phi) is 23.3. The van der Waals surface area contributed by atoms with Crippen molar-refractivity contribution in [3.63, 3.8) is 0 Å². The number of carbonyl (C=O) groups excluding carboxylic acids is 3. The van der Waals surface area contributed by atoms with Gasteiger partial charge in [0, 0.05) is 32.5 Å². The van der Waals surface area contributed by atoms with Gasteiger partial charge >= 0.3 is 5.97 Å². The second-order valence-electron chi connectivity index (χ2n) is 15.1. The first kappa shape index (κ1) is 52.0. The van der Waals surface area contributed by atoms with Crippen molar-refractivity contribution in [2.24, 2.45) is 11.8 Å². The molecule has 0 amide bonds. The second-order valence-corrected chi connectivity index (χ2v) is 15.1. The van der Waals surface area contributed by atoms with E-state index in [0.29, 0.717) is 16.7 Å². The van der Waals surface area contributed by atoms with Gasteiger partial charge in [0.25, 0.3) is 0 Å². The Balaban J connectivity index is 2.11. The molecule has 2 rings (SSSR count). The van der Waals surface area contributed by atoms with Crippen molar-refractivity contribution in [3.8, 4) is 0 Å². The molecule has 13 nitrogen and oxygen atoms in total. The van der Waals surface area contributed by atoms with Gasteiger partial charge in [-0.2, -0.15) is 0 Å². The van der Waals surface area contributed by atoms with Crippen LogP contribution in [-0.2, 0) is 38.1 Å². The van der Waals surface area contributed by atoms with E-state index in [-0.39, 0.29) is 18.6 Å². The van der Waals surface area contributed by atoms with Crippen LogP contribution in [0.1, 0.15) is 61.3 Å². The molecule has 5 N–H and O–H groups in total. The molecule has 2 aliphatic heterocycles. The molecule has 0 radical (unpaired) electrons. The number of aliphatic hydroxyl groups is 5. The van der Waals surface area contributed by atoms with E-state index in [1.165, 1.54) is 44.6 Å². The quantitative estimate of drug-likeness (QED) is 0.0734. The van der Waals surface area contributed by atoms with Crippen LogP contribution < -0.4 is 0 Å². The summed E-state index contributed by atoms with van der Waals surface area (Å²) in [4.78, 5) is 38.7. The lowest BCUT2D eigenvalue weighted by Gasteiger charge is -2.43. The van der Waals surface area contributed by atoms with E-state index in [9.17, 15) is 39.9 Å². The molecule has 0 aromatic rings. The van der Waals surface area contributed by atoms with Crippen molar-refractivity contribution in [2.75, 3.05) is 14.2 Å². The lowest BCUT2D eigenvalue weighted by Crippen LogP contribution is -2.59. The zero-order valence-electron chi connectivity index (χ0n) is 36.2. The zero-order chi connectivity index (χ0) is 44.9. The molecule has 0 spiro atoms. The van der Waals surface area contributed by atoms with Crippen LogP contribution in [0.3, 0.4) is 0 Å². The Morgan fingerprint density at radius 3 is 2.23 bits per heavy atom. The van der Waals surface area contributed by atoms with Crippen LogP contribution in [0.15, 0.2) is 120 Å². The smallest absolute Gasteiger partial charge is 0.309 e. The summed E-state index contributed by atoms with van der Waals surface area (Å²) in [6, 6.07) is 0. The Bertz CT molecular complexity index is 1700. The van der Waals surface area contributed by atoms with Crippen LogP contribution in [0, 0.1) is 11.8 Å². The maximum Gasteiger partial charge on any atom is 0.309 e. The van der Waals surface area contributed by atoms with E-state index < -0.39 is 90.9 Å². The summed E-state index contributed by atoms with van der Waals surface area (Å²) in [5.41, 5.74) is 1.59. The molecule has 0 aromatic carbocycles. The summed E-state index contributed by atoms with van der Waals surface area (Å²) in [7, 11) is 2.90. The van der Waals surface area contributed by atoms with E-state index in [0.717, 1.165) is 0 Å². The van der Waals surface area contributed by atoms with Crippen molar-refractivity contribution in [2.45, 2.75) is 129 Å². The minimum absolute atomic E-state index is 0.130. The SMILES string of the molecule is CO[C@@H]1[C@H](O)[C@@H](OC)[C@H](O[C@H](C)[C@@H](O)/C=C/C=C/C=C/C(=O)[C@H](C)[C@H](O)[C@@H](C)[C@H]2C/C=C/C=C/C=C/[C@@H](O)C(=O)/C(C)=C/C=C/C(C)=C/[C@H](O)/C(C)=C/CC(=O)O2)O[C@@H]1C. The highest BCUT2D eigenvalue weighted by atomic mass is 16.7. The molecule has 0 bridgehead atoms. The average Bonchev–Trinajstić information content (AvgIpc) is 3.21. The lowest BCUT2D eigenvalue weighted by atomic mass is 9.85. The van der Waals surface area contributed by atoms with Crippen LogP contribution in [0.4, 0.5) is 0 Å². The predicted molar refractivity (Wildman–Crippen MR) is 229 cm³/mol. The first-order chi connectivity index (χ1) is 28.4. The molecule has 0 aliphatic carbocycles. The first-order valence-electron chi connectivity index (χ1n) is 20.2. The Labute approximate surface area is 355 Å². The summed E-state index contributed by atoms with van der Waals surface area (Å²) in [6.45, 7) is 11.8. The highest BCUT2D eigenvalue weighted by Gasteiger charge is 2.45. The number of hydrogen-bond acceptors (Lipinski definition) is 13. The van der Waals surface area contributed by atoms with Crippen molar-refractivity contribution in [1.29, 1.82) is 0 Å². The fourth-order valence-corrected chi connectivity index (χ4v) is 6.31. The monoisotopic (exact) mass is 838 g/mol. The van der Waals surface area contributed by atoms with E-state index >= 15 is 0 Å². The summed E-state index contributed by atoms with van der Waals surface area (Å²) in [5, 5.41) is 53.5. The highest BCUT2D eigenvalue weighted by molar-refractivity contribution is 5.99. The molecular formula is C47H66O13. The number of esters is 1. The predicted octanol–water partition coefficient (Wildman–Crippen LogP) is 4.82. The maximum atomic E-state index is 13.1. The van der Waals surface area contributed by atoms with Gasteiger partial charge in [0.05, 0.1) is 36.9 Å². The number of aliphatic hydroxyl groups excluding tert-OH is 5. The number of Topliss-reactive ketones (excluding diaryl/α,β-unsaturated/α-hetero) is 1. The van der Waals surface area contributed by atoms with Gasteiger partial charge < -0.3 is 49.2 Å². The molecule has 13 heteroatoms. The Morgan fingerprint density at radius 2 is 1.55 bits per heavy atom. The molecule has 1 saturated heterocycles. The fraction of sp³-hybridized carbons (Fsp3) is 0.511. The van der Waals surface area contributed by atoms with Crippen molar-refractivity contribution >= 4 is 17.5 Å². The molecule has 332 valence electrons. The maximum absolute atomic E-state index is 13.1. The van der Waals surface area contributed by atoms with E-state index in [2.05, 4.69) is 0 Å². The second kappa shape index (κ2) is 26.9. The average molecular weight is 839 g/mol. The molecule has 60 heavy (non-hydrogen) atoms. The van der Waals surface area contributed by atoms with Crippen molar-refractivity contribution in [3.05, 3.63) is 120 Å². The van der Waals surface area contributed by atoms with E-state index in [1.54, 1.807) is 121 Å². The molecule has 2 heterocycles. The molecule has 0 saturated carbocycles. The standard InChI is InChI=1S/C47H66O13/c1-29-20-19-21-31(3)42(53)38(50)24-17-11-10-12-18-25-40(60-41(52)27-26-30(2)39(51)28-29)33(5)43(54)32(4)36(48)22-15-13-14-16-23-37(49)34(6)58-47-46(57-9)44(55)45(56-8)35(7)59-47/h10-24,26,28,32-35,37-40,43-47,49-51,54-55H,25,27H2,1-9H3/b11-10+,14-13+,18-12+,20-19+,22-15+,23-16+,24-17+,29-28+,30-26+,31-21+/t32-,33-,34+,35+,37-,38+,39-,40+,43-,44-,45-,46+,47+/m0/s1. The van der Waals surface area contributed by atoms with Gasteiger partial charge in [0.1, 0.15) is 30.5 Å². The number of carbonyl (C=O) groups is 3. The van der Waals surface area contributed by atoms with Crippen molar-refractivity contribution < 1.29 is 63.6 Å². The number of allylic oxidation sites excluding steroid dienone is 13. The lowest BCUT2D eigenvalue weighted by molar-refractivity contribution is -0.314. The number of ketones is 2. The van der Waals surface area contributed by atoms with Gasteiger partial charge in [-0.15, -0.1) is 0 Å². The van der Waals surface area contributed by atoms with Crippen LogP contribution >= 0.6 is 0 Å². The van der Waals surface area contributed by atoms with Gasteiger partial charge in [-0.1, -0.05) is 104 Å². The molecular weight excluding hydrogens is 773 g/mol. The minimum Gasteiger partial charge on any atom is -0.461 e. The number of ether oxygens (including phenoxy) is 5. The Hall–Kier alpha value is -4.15. The number of cyclic esters (lactones) is 1. The fourth-order valence-electron chi connectivity index (χ4n) is 6.31. The topological polar surface area (TPSA) is 199 Å². The molecule has 13 atom stereocenters. The van der Waals surface area contributed by atoms with Gasteiger partial charge in [-0.25, -0.2) is 0 Å². The van der Waals surface area contributed by atoms with Crippen LogP contribution in [0.5, 0.6) is 0 Å². The first-order valence-corrected chi connectivity index (χ1v) is 20.2. The van der Waals surface area contributed by atoms with E-state index in [4.69, 9.17) is 23.7 Å². The van der Waals surface area contributed by atoms with Crippen LogP contribution in [0.2, 0.25) is 0 Å². The third-order valence-corrected chi connectivity index (χ3v) is 10.4. The molecule has 2 aliphatic rings. The summed E-state index contributed by atoms with van der Waals surface area (Å²) in [5.74, 6) is -2.90. The summed E-state index contributed by atoms with van der Waals surface area (Å²) < 4.78 is 28.2. The minimum atomic E-state index is -1.33. The molecule has 0 aromatic heterocycles. The Morgan fingerprint density at radius 1 is 0.883 bits per heavy atom. The third kappa shape index (κ3) is 17.1. The van der Waals surface area contributed by atoms with Gasteiger partial charge in [0.15, 0.2) is 17.9 Å². The van der Waals surface area contributed by atoms with Gasteiger partial charge in [-0.05, 0) is 64.0 Å². The number of rotatable bonds is 13. The van der Waals surface area contributed by atoms with Gasteiger partial charge in [-0.3, -0.25) is 14.4 Å². The summed E-state index contributed by atoms with van der Waals surface area (Å²) in [6.07, 6.45) is 17.1. The van der Waals surface area contributed by atoms with E-state index in [1.807, 2.05) is 0 Å². The highest BCUT2D eigenvalue weighted by Crippen LogP contribution is 2.27. The normalized spacial score (nSPS) is 34.3. The van der Waals surface area contributed by atoms with Crippen molar-refractivity contribution in [1.82, 2.24) is 0 Å². The number of hydrogen-bond donors (Lipinski definition) is 5. The zero-order valence-corrected chi connectivity index (χ0v) is 36.2. The largest absolute Gasteiger partial charge is 0.461 e. The van der Waals surface area contributed by atoms with Crippen LogP contribution in [0.25, 0.3) is 0 Å². The van der Waals surface area contributed by atoms with Gasteiger partial charge in [0.2, 0.25) is 0 Å². The molecule has 0 unspecified atom stereocenters. The summed E-state index contributed by atoms with van der Waals surface area (Å²) >= 11 is 0. The van der Waals surface area contributed by atoms with Crippen LogP contribution in [-0.4, -0.2) is 125 Å². The number of methoxy groups -OCH3 is 2. The third-order valence-electron chi connectivity index (χ3n) is 10.4. The molecule has 1 fully saturated rings.